The number of aromatic amines is 1. The first kappa shape index (κ1) is 13.7. The maximum absolute atomic E-state index is 3.98. The maximum Gasteiger partial charge on any atom is 0.0650 e. The molecule has 0 atom stereocenters. The van der Waals surface area contributed by atoms with Gasteiger partial charge in [0.1, 0.15) is 0 Å². The Bertz CT molecular complexity index is 453. The average Bonchev–Trinajstić information content (AvgIpc) is 2.94. The van der Waals surface area contributed by atoms with Crippen molar-refractivity contribution in [3.8, 4) is 11.3 Å². The molecule has 0 bridgehead atoms. The van der Waals surface area contributed by atoms with Crippen LogP contribution in [0.25, 0.3) is 11.3 Å². The molecule has 0 saturated carbocycles. The van der Waals surface area contributed by atoms with Crippen molar-refractivity contribution in [2.75, 3.05) is 5.32 Å². The topological polar surface area (TPSA) is 40.7 Å². The van der Waals surface area contributed by atoms with E-state index in [4.69, 9.17) is 0 Å². The SMILES string of the molecule is CCCC(CCC)Nc1ccc(-c2ccn[nH]2)cc1. The van der Waals surface area contributed by atoms with Crippen molar-refractivity contribution in [1.29, 1.82) is 0 Å². The fourth-order valence-corrected chi connectivity index (χ4v) is 2.38. The van der Waals surface area contributed by atoms with E-state index in [-0.39, 0.29) is 0 Å². The van der Waals surface area contributed by atoms with Gasteiger partial charge in [-0.1, -0.05) is 38.8 Å². The molecular formula is C16H23N3. The summed E-state index contributed by atoms with van der Waals surface area (Å²) in [7, 11) is 0. The maximum atomic E-state index is 3.98. The zero-order valence-corrected chi connectivity index (χ0v) is 11.8. The number of hydrogen-bond acceptors (Lipinski definition) is 2. The third kappa shape index (κ3) is 3.85. The van der Waals surface area contributed by atoms with Crippen LogP contribution in [-0.2, 0) is 0 Å². The molecule has 3 nitrogen and oxygen atoms in total. The van der Waals surface area contributed by atoms with Crippen LogP contribution >= 0.6 is 0 Å². The highest BCUT2D eigenvalue weighted by Gasteiger charge is 2.06. The van der Waals surface area contributed by atoms with E-state index in [0.717, 1.165) is 5.69 Å². The van der Waals surface area contributed by atoms with Gasteiger partial charge in [-0.2, -0.15) is 5.10 Å². The first-order valence-corrected chi connectivity index (χ1v) is 7.19. The largest absolute Gasteiger partial charge is 0.382 e. The van der Waals surface area contributed by atoms with Crippen LogP contribution in [0, 0.1) is 0 Å². The van der Waals surface area contributed by atoms with E-state index >= 15 is 0 Å². The molecule has 0 spiro atoms. The summed E-state index contributed by atoms with van der Waals surface area (Å²) in [6.07, 6.45) is 6.69. The van der Waals surface area contributed by atoms with Gasteiger partial charge < -0.3 is 5.32 Å². The second kappa shape index (κ2) is 6.98. The molecule has 0 unspecified atom stereocenters. The third-order valence-electron chi connectivity index (χ3n) is 3.34. The van der Waals surface area contributed by atoms with E-state index in [9.17, 15) is 0 Å². The van der Waals surface area contributed by atoms with Crippen LogP contribution < -0.4 is 5.32 Å². The summed E-state index contributed by atoms with van der Waals surface area (Å²) >= 11 is 0. The Hall–Kier alpha value is -1.77. The second-order valence-corrected chi connectivity index (χ2v) is 4.97. The highest BCUT2D eigenvalue weighted by molar-refractivity contribution is 5.62. The van der Waals surface area contributed by atoms with Crippen molar-refractivity contribution < 1.29 is 0 Å². The number of nitrogens with zero attached hydrogens (tertiary/aromatic N) is 1. The van der Waals surface area contributed by atoms with Crippen molar-refractivity contribution in [3.05, 3.63) is 36.5 Å². The molecule has 1 heterocycles. The van der Waals surface area contributed by atoms with E-state index in [0.29, 0.717) is 6.04 Å². The Labute approximate surface area is 115 Å². The van der Waals surface area contributed by atoms with Crippen molar-refractivity contribution in [3.63, 3.8) is 0 Å². The Morgan fingerprint density at radius 3 is 2.26 bits per heavy atom. The zero-order chi connectivity index (χ0) is 13.5. The van der Waals surface area contributed by atoms with Gasteiger partial charge in [0.25, 0.3) is 0 Å². The molecule has 2 rings (SSSR count). The van der Waals surface area contributed by atoms with Gasteiger partial charge in [-0.05, 0) is 36.6 Å². The van der Waals surface area contributed by atoms with Crippen LogP contribution in [-0.4, -0.2) is 16.2 Å². The van der Waals surface area contributed by atoms with Crippen LogP contribution in [0.5, 0.6) is 0 Å². The average molecular weight is 257 g/mol. The molecule has 1 aromatic carbocycles. The minimum Gasteiger partial charge on any atom is -0.382 e. The minimum absolute atomic E-state index is 0.591. The molecule has 19 heavy (non-hydrogen) atoms. The van der Waals surface area contributed by atoms with Crippen molar-refractivity contribution >= 4 is 5.69 Å². The molecule has 3 heteroatoms. The van der Waals surface area contributed by atoms with Gasteiger partial charge in [0, 0.05) is 17.9 Å². The molecule has 2 aromatic rings. The molecule has 0 aliphatic heterocycles. The molecule has 1 aromatic heterocycles. The summed E-state index contributed by atoms with van der Waals surface area (Å²) in [6.45, 7) is 4.48. The van der Waals surface area contributed by atoms with E-state index < -0.39 is 0 Å². The van der Waals surface area contributed by atoms with Crippen LogP contribution in [0.4, 0.5) is 5.69 Å². The Kier molecular flexibility index (Phi) is 5.01. The smallest absolute Gasteiger partial charge is 0.0650 e. The first-order valence-electron chi connectivity index (χ1n) is 7.19. The third-order valence-corrected chi connectivity index (χ3v) is 3.34. The minimum atomic E-state index is 0.591. The summed E-state index contributed by atoms with van der Waals surface area (Å²) in [5.74, 6) is 0. The number of benzene rings is 1. The number of hydrogen-bond donors (Lipinski definition) is 2. The Morgan fingerprint density at radius 1 is 1.05 bits per heavy atom. The lowest BCUT2D eigenvalue weighted by atomic mass is 10.1. The van der Waals surface area contributed by atoms with Gasteiger partial charge in [0.05, 0.1) is 5.69 Å². The number of anilines is 1. The second-order valence-electron chi connectivity index (χ2n) is 4.97. The van der Waals surface area contributed by atoms with Gasteiger partial charge in [-0.15, -0.1) is 0 Å². The van der Waals surface area contributed by atoms with E-state index in [2.05, 4.69) is 53.6 Å². The lowest BCUT2D eigenvalue weighted by Crippen LogP contribution is -2.18. The van der Waals surface area contributed by atoms with E-state index in [1.165, 1.54) is 36.9 Å². The quantitative estimate of drug-likeness (QED) is 0.769. The van der Waals surface area contributed by atoms with Crippen LogP contribution in [0.2, 0.25) is 0 Å². The highest BCUT2D eigenvalue weighted by atomic mass is 15.1. The molecule has 0 aliphatic rings. The van der Waals surface area contributed by atoms with Gasteiger partial charge in [-0.25, -0.2) is 0 Å². The highest BCUT2D eigenvalue weighted by Crippen LogP contribution is 2.20. The van der Waals surface area contributed by atoms with Gasteiger partial charge in [0.2, 0.25) is 0 Å². The van der Waals surface area contributed by atoms with Crippen LogP contribution in [0.15, 0.2) is 36.5 Å². The van der Waals surface area contributed by atoms with Crippen molar-refractivity contribution in [2.45, 2.75) is 45.6 Å². The molecule has 0 fully saturated rings. The fraction of sp³-hybridized carbons (Fsp3) is 0.438. The van der Waals surface area contributed by atoms with E-state index in [1.54, 1.807) is 6.20 Å². The summed E-state index contributed by atoms with van der Waals surface area (Å²) in [5.41, 5.74) is 3.44. The summed E-state index contributed by atoms with van der Waals surface area (Å²) < 4.78 is 0. The number of aromatic nitrogens is 2. The number of nitrogens with one attached hydrogen (secondary N) is 2. The Morgan fingerprint density at radius 2 is 1.74 bits per heavy atom. The van der Waals surface area contributed by atoms with Crippen LogP contribution in [0.1, 0.15) is 39.5 Å². The standard InChI is InChI=1S/C16H23N3/c1-3-5-14(6-4-2)18-15-9-7-13(8-10-15)16-11-12-17-19-16/h7-12,14,18H,3-6H2,1-2H3,(H,17,19). The lowest BCUT2D eigenvalue weighted by Gasteiger charge is -2.18. The number of H-pyrrole nitrogens is 1. The molecule has 102 valence electrons. The molecule has 0 amide bonds. The summed E-state index contributed by atoms with van der Waals surface area (Å²) in [5, 5.41) is 10.6. The molecule has 0 saturated heterocycles. The van der Waals surface area contributed by atoms with Crippen molar-refractivity contribution in [1.82, 2.24) is 10.2 Å². The predicted molar refractivity (Wildman–Crippen MR) is 81.3 cm³/mol. The van der Waals surface area contributed by atoms with E-state index in [1.807, 2.05) is 6.07 Å². The molecule has 2 N–H and O–H groups in total. The molecular weight excluding hydrogens is 234 g/mol. The fourth-order valence-electron chi connectivity index (χ4n) is 2.38. The van der Waals surface area contributed by atoms with Gasteiger partial charge in [-0.3, -0.25) is 5.10 Å². The van der Waals surface area contributed by atoms with Crippen molar-refractivity contribution in [2.24, 2.45) is 0 Å². The first-order chi connectivity index (χ1) is 9.33. The summed E-state index contributed by atoms with van der Waals surface area (Å²) in [6, 6.07) is 11.1. The molecule has 0 aliphatic carbocycles. The number of rotatable bonds is 7. The van der Waals surface area contributed by atoms with Gasteiger partial charge >= 0.3 is 0 Å². The van der Waals surface area contributed by atoms with Crippen LogP contribution in [0.3, 0.4) is 0 Å². The zero-order valence-electron chi connectivity index (χ0n) is 11.8. The molecule has 0 radical (unpaired) electrons. The monoisotopic (exact) mass is 257 g/mol. The normalized spacial score (nSPS) is 10.9. The van der Waals surface area contributed by atoms with Gasteiger partial charge in [0.15, 0.2) is 0 Å². The Balaban J connectivity index is 2.01. The predicted octanol–water partition coefficient (Wildman–Crippen LogP) is 4.46. The lowest BCUT2D eigenvalue weighted by molar-refractivity contribution is 0.586. The summed E-state index contributed by atoms with van der Waals surface area (Å²) in [4.78, 5) is 0.